The molecule has 0 aliphatic rings. The van der Waals surface area contributed by atoms with Crippen molar-refractivity contribution in [2.24, 2.45) is 0 Å². The molecule has 0 unspecified atom stereocenters. The third-order valence-electron chi connectivity index (χ3n) is 2.77. The van der Waals surface area contributed by atoms with E-state index in [1.54, 1.807) is 29.7 Å². The molecule has 2 rings (SSSR count). The van der Waals surface area contributed by atoms with Gasteiger partial charge in [0.25, 0.3) is 0 Å². The molecule has 0 aliphatic heterocycles. The third-order valence-corrected chi connectivity index (χ3v) is 3.61. The fourth-order valence-corrected chi connectivity index (χ4v) is 2.41. The van der Waals surface area contributed by atoms with Crippen molar-refractivity contribution in [3.8, 4) is 5.75 Å². The molecule has 21 heavy (non-hydrogen) atoms. The number of nitrogens with one attached hydrogen (secondary N) is 1. The Morgan fingerprint density at radius 1 is 1.48 bits per heavy atom. The minimum atomic E-state index is -0.426. The van der Waals surface area contributed by atoms with Crippen LogP contribution in [-0.2, 0) is 6.42 Å². The summed E-state index contributed by atoms with van der Waals surface area (Å²) in [6.07, 6.45) is 3.40. The average Bonchev–Trinajstić information content (AvgIpc) is 2.98. The van der Waals surface area contributed by atoms with Gasteiger partial charge in [0, 0.05) is 42.4 Å². The molecule has 1 aromatic heterocycles. The van der Waals surface area contributed by atoms with Crippen LogP contribution in [-0.4, -0.2) is 23.1 Å². The zero-order valence-electron chi connectivity index (χ0n) is 11.7. The number of nitro groups is 1. The van der Waals surface area contributed by atoms with Gasteiger partial charge in [-0.3, -0.25) is 10.1 Å². The first-order valence-corrected chi connectivity index (χ1v) is 7.62. The van der Waals surface area contributed by atoms with Crippen LogP contribution in [0.5, 0.6) is 5.75 Å². The topological polar surface area (TPSA) is 77.3 Å². The maximum Gasteiger partial charge on any atom is 0.311 e. The first-order chi connectivity index (χ1) is 10.2. The first-order valence-electron chi connectivity index (χ1n) is 6.74. The standard InChI is InChI=1S/C14H17N3O3S/c1-2-8-20-13-10-11(3-4-12(13)17(18)19)15-6-5-14-16-7-9-21-14/h3-4,7,9-10,15H,2,5-6,8H2,1H3. The average molecular weight is 307 g/mol. The van der Waals surface area contributed by atoms with Gasteiger partial charge in [0.2, 0.25) is 0 Å². The summed E-state index contributed by atoms with van der Waals surface area (Å²) in [6, 6.07) is 4.84. The lowest BCUT2D eigenvalue weighted by atomic mass is 10.2. The summed E-state index contributed by atoms with van der Waals surface area (Å²) in [6.45, 7) is 3.14. The number of thiazole rings is 1. The number of ether oxygens (including phenoxy) is 1. The number of rotatable bonds is 8. The Bertz CT molecular complexity index is 587. The highest BCUT2D eigenvalue weighted by Gasteiger charge is 2.15. The van der Waals surface area contributed by atoms with Crippen LogP contribution >= 0.6 is 11.3 Å². The van der Waals surface area contributed by atoms with Crippen LogP contribution in [0.25, 0.3) is 0 Å². The van der Waals surface area contributed by atoms with E-state index in [2.05, 4.69) is 10.3 Å². The maximum atomic E-state index is 11.0. The van der Waals surface area contributed by atoms with E-state index >= 15 is 0 Å². The molecule has 1 aromatic carbocycles. The van der Waals surface area contributed by atoms with Crippen molar-refractivity contribution < 1.29 is 9.66 Å². The van der Waals surface area contributed by atoms with Crippen molar-refractivity contribution in [2.75, 3.05) is 18.5 Å². The highest BCUT2D eigenvalue weighted by Crippen LogP contribution is 2.30. The molecule has 6 nitrogen and oxygen atoms in total. The van der Waals surface area contributed by atoms with E-state index in [9.17, 15) is 10.1 Å². The lowest BCUT2D eigenvalue weighted by Gasteiger charge is -2.09. The summed E-state index contributed by atoms with van der Waals surface area (Å²) in [7, 11) is 0. The maximum absolute atomic E-state index is 11.0. The molecule has 0 saturated heterocycles. The van der Waals surface area contributed by atoms with Gasteiger partial charge in [-0.2, -0.15) is 0 Å². The number of aromatic nitrogens is 1. The van der Waals surface area contributed by atoms with Gasteiger partial charge in [0.05, 0.1) is 16.5 Å². The predicted molar refractivity (Wildman–Crippen MR) is 83.2 cm³/mol. The Morgan fingerprint density at radius 3 is 3.00 bits per heavy atom. The second-order valence-electron chi connectivity index (χ2n) is 4.39. The number of nitro benzene ring substituents is 1. The van der Waals surface area contributed by atoms with Crippen LogP contribution in [0, 0.1) is 10.1 Å². The number of hydrogen-bond donors (Lipinski definition) is 1. The molecule has 1 heterocycles. The van der Waals surface area contributed by atoms with Crippen LogP contribution < -0.4 is 10.1 Å². The largest absolute Gasteiger partial charge is 0.487 e. The molecule has 0 amide bonds. The summed E-state index contributed by atoms with van der Waals surface area (Å²) in [5.41, 5.74) is 0.803. The van der Waals surface area contributed by atoms with E-state index in [0.29, 0.717) is 12.4 Å². The van der Waals surface area contributed by atoms with E-state index in [-0.39, 0.29) is 5.69 Å². The first kappa shape index (κ1) is 15.2. The molecule has 0 atom stereocenters. The van der Waals surface area contributed by atoms with E-state index in [0.717, 1.165) is 30.1 Å². The Balaban J connectivity index is 2.00. The lowest BCUT2D eigenvalue weighted by molar-refractivity contribution is -0.385. The van der Waals surface area contributed by atoms with E-state index in [1.807, 2.05) is 12.3 Å². The van der Waals surface area contributed by atoms with Crippen LogP contribution in [0.1, 0.15) is 18.4 Å². The molecule has 0 radical (unpaired) electrons. The lowest BCUT2D eigenvalue weighted by Crippen LogP contribution is -2.06. The van der Waals surface area contributed by atoms with Gasteiger partial charge in [-0.05, 0) is 12.5 Å². The van der Waals surface area contributed by atoms with Crippen LogP contribution in [0.4, 0.5) is 11.4 Å². The second kappa shape index (κ2) is 7.58. The van der Waals surface area contributed by atoms with Gasteiger partial charge in [-0.25, -0.2) is 4.98 Å². The molecular weight excluding hydrogens is 290 g/mol. The molecule has 1 N–H and O–H groups in total. The monoisotopic (exact) mass is 307 g/mol. The normalized spacial score (nSPS) is 10.3. The molecule has 0 aliphatic carbocycles. The zero-order chi connectivity index (χ0) is 15.1. The summed E-state index contributed by atoms with van der Waals surface area (Å²) in [5, 5.41) is 17.2. The highest BCUT2D eigenvalue weighted by atomic mass is 32.1. The summed E-state index contributed by atoms with van der Waals surface area (Å²) in [5.74, 6) is 0.307. The third kappa shape index (κ3) is 4.42. The molecule has 0 spiro atoms. The van der Waals surface area contributed by atoms with E-state index in [1.165, 1.54) is 6.07 Å². The minimum Gasteiger partial charge on any atom is -0.487 e. The van der Waals surface area contributed by atoms with Crippen molar-refractivity contribution in [1.82, 2.24) is 4.98 Å². The molecule has 0 saturated carbocycles. The number of anilines is 1. The molecule has 2 aromatic rings. The quantitative estimate of drug-likeness (QED) is 0.596. The molecule has 0 bridgehead atoms. The van der Waals surface area contributed by atoms with Gasteiger partial charge in [0.1, 0.15) is 0 Å². The Morgan fingerprint density at radius 2 is 2.33 bits per heavy atom. The van der Waals surface area contributed by atoms with Crippen molar-refractivity contribution in [3.63, 3.8) is 0 Å². The van der Waals surface area contributed by atoms with E-state index < -0.39 is 4.92 Å². The SMILES string of the molecule is CCCOc1cc(NCCc2nccs2)ccc1[N+](=O)[O-]. The van der Waals surface area contributed by atoms with Crippen molar-refractivity contribution in [2.45, 2.75) is 19.8 Å². The zero-order valence-corrected chi connectivity index (χ0v) is 12.6. The van der Waals surface area contributed by atoms with Crippen LogP contribution in [0.2, 0.25) is 0 Å². The van der Waals surface area contributed by atoms with Crippen molar-refractivity contribution in [1.29, 1.82) is 0 Å². The molecule has 7 heteroatoms. The Hall–Kier alpha value is -2.15. The van der Waals surface area contributed by atoms with Crippen molar-refractivity contribution in [3.05, 3.63) is 44.9 Å². The molecule has 0 fully saturated rings. The van der Waals surface area contributed by atoms with Crippen LogP contribution in [0.3, 0.4) is 0 Å². The van der Waals surface area contributed by atoms with Gasteiger partial charge in [0.15, 0.2) is 5.75 Å². The minimum absolute atomic E-state index is 0.00563. The second-order valence-corrected chi connectivity index (χ2v) is 5.37. The van der Waals surface area contributed by atoms with Gasteiger partial charge < -0.3 is 10.1 Å². The highest BCUT2D eigenvalue weighted by molar-refractivity contribution is 7.09. The Labute approximate surface area is 126 Å². The summed E-state index contributed by atoms with van der Waals surface area (Å²) < 4.78 is 5.45. The van der Waals surface area contributed by atoms with Crippen molar-refractivity contribution >= 4 is 22.7 Å². The number of hydrogen-bond acceptors (Lipinski definition) is 6. The smallest absolute Gasteiger partial charge is 0.311 e. The predicted octanol–water partition coefficient (Wildman–Crippen LogP) is 3.49. The summed E-state index contributed by atoms with van der Waals surface area (Å²) in [4.78, 5) is 14.7. The van der Waals surface area contributed by atoms with Gasteiger partial charge >= 0.3 is 5.69 Å². The fraction of sp³-hybridized carbons (Fsp3) is 0.357. The summed E-state index contributed by atoms with van der Waals surface area (Å²) >= 11 is 1.61. The van der Waals surface area contributed by atoms with Gasteiger partial charge in [-0.1, -0.05) is 6.92 Å². The molecule has 112 valence electrons. The number of benzene rings is 1. The van der Waals surface area contributed by atoms with E-state index in [4.69, 9.17) is 4.74 Å². The fourth-order valence-electron chi connectivity index (χ4n) is 1.79. The van der Waals surface area contributed by atoms with Crippen LogP contribution in [0.15, 0.2) is 29.8 Å². The molecular formula is C14H17N3O3S. The Kier molecular flexibility index (Phi) is 5.51. The van der Waals surface area contributed by atoms with Gasteiger partial charge in [-0.15, -0.1) is 11.3 Å². The number of nitrogens with zero attached hydrogens (tertiary/aromatic N) is 2.